The third-order valence-electron chi connectivity index (χ3n) is 5.17. The molecule has 2 saturated heterocycles. The van der Waals surface area contributed by atoms with Crippen molar-refractivity contribution >= 4 is 29.1 Å². The Morgan fingerprint density at radius 1 is 1.21 bits per heavy atom. The molecule has 2 aliphatic heterocycles. The molecule has 0 aromatic heterocycles. The summed E-state index contributed by atoms with van der Waals surface area (Å²) in [5.41, 5.74) is 1.09. The Kier molecular flexibility index (Phi) is 6.03. The number of carbonyl (C=O) groups is 1. The first kappa shape index (κ1) is 18.0. The lowest BCUT2D eigenvalue weighted by atomic mass is 10.0. The fourth-order valence-corrected chi connectivity index (χ4v) is 4.15. The SMILES string of the molecule is CNC1CCCN(CC(=O)N2CCCC2c2ccc(Cl)c(Cl)c2)C1. The first-order valence-electron chi connectivity index (χ1n) is 8.72. The van der Waals surface area contributed by atoms with E-state index in [2.05, 4.69) is 10.2 Å². The van der Waals surface area contributed by atoms with Gasteiger partial charge in [0, 0.05) is 19.1 Å². The zero-order valence-corrected chi connectivity index (χ0v) is 15.6. The van der Waals surface area contributed by atoms with Crippen molar-refractivity contribution in [2.75, 3.05) is 33.2 Å². The lowest BCUT2D eigenvalue weighted by molar-refractivity contribution is -0.133. The second-order valence-corrected chi connectivity index (χ2v) is 7.60. The van der Waals surface area contributed by atoms with E-state index >= 15 is 0 Å². The van der Waals surface area contributed by atoms with Gasteiger partial charge in [0.25, 0.3) is 0 Å². The minimum absolute atomic E-state index is 0.122. The molecular formula is C18H25Cl2N3O. The quantitative estimate of drug-likeness (QED) is 0.883. The predicted molar refractivity (Wildman–Crippen MR) is 98.7 cm³/mol. The highest BCUT2D eigenvalue weighted by molar-refractivity contribution is 6.42. The van der Waals surface area contributed by atoms with Gasteiger partial charge in [-0.05, 0) is 57.0 Å². The van der Waals surface area contributed by atoms with Gasteiger partial charge >= 0.3 is 0 Å². The van der Waals surface area contributed by atoms with Crippen LogP contribution in [0.5, 0.6) is 0 Å². The molecule has 24 heavy (non-hydrogen) atoms. The van der Waals surface area contributed by atoms with E-state index in [4.69, 9.17) is 23.2 Å². The lowest BCUT2D eigenvalue weighted by Crippen LogP contribution is -2.48. The molecule has 0 saturated carbocycles. The van der Waals surface area contributed by atoms with Crippen molar-refractivity contribution in [3.8, 4) is 0 Å². The van der Waals surface area contributed by atoms with Crippen molar-refractivity contribution in [2.45, 2.75) is 37.8 Å². The third-order valence-corrected chi connectivity index (χ3v) is 5.91. The minimum atomic E-state index is 0.122. The second kappa shape index (κ2) is 8.05. The molecule has 1 N–H and O–H groups in total. The second-order valence-electron chi connectivity index (χ2n) is 6.78. The summed E-state index contributed by atoms with van der Waals surface area (Å²) in [6.45, 7) is 3.30. The largest absolute Gasteiger partial charge is 0.335 e. The Hall–Kier alpha value is -0.810. The van der Waals surface area contributed by atoms with Gasteiger partial charge in [0.2, 0.25) is 5.91 Å². The molecule has 2 unspecified atom stereocenters. The molecule has 6 heteroatoms. The third kappa shape index (κ3) is 4.05. The van der Waals surface area contributed by atoms with Gasteiger partial charge in [-0.15, -0.1) is 0 Å². The number of carbonyl (C=O) groups excluding carboxylic acids is 1. The number of likely N-dealkylation sites (N-methyl/N-ethyl adjacent to an activating group) is 1. The van der Waals surface area contributed by atoms with E-state index in [9.17, 15) is 4.79 Å². The van der Waals surface area contributed by atoms with Crippen molar-refractivity contribution in [3.05, 3.63) is 33.8 Å². The molecule has 4 nitrogen and oxygen atoms in total. The Balaban J connectivity index is 1.66. The normalized spacial score (nSPS) is 25.2. The molecular weight excluding hydrogens is 345 g/mol. The van der Waals surface area contributed by atoms with Crippen molar-refractivity contribution in [2.24, 2.45) is 0 Å². The number of nitrogens with one attached hydrogen (secondary N) is 1. The van der Waals surface area contributed by atoms with E-state index in [1.165, 1.54) is 6.42 Å². The topological polar surface area (TPSA) is 35.6 Å². The van der Waals surface area contributed by atoms with Crippen LogP contribution in [0.3, 0.4) is 0 Å². The zero-order valence-electron chi connectivity index (χ0n) is 14.1. The molecule has 0 aliphatic carbocycles. The molecule has 2 aliphatic rings. The highest BCUT2D eigenvalue weighted by atomic mass is 35.5. The molecule has 2 fully saturated rings. The van der Waals surface area contributed by atoms with E-state index in [0.717, 1.165) is 44.5 Å². The molecule has 2 heterocycles. The maximum absolute atomic E-state index is 12.8. The maximum atomic E-state index is 12.8. The number of nitrogens with zero attached hydrogens (tertiary/aromatic N) is 2. The van der Waals surface area contributed by atoms with Crippen LogP contribution >= 0.6 is 23.2 Å². The Morgan fingerprint density at radius 3 is 2.75 bits per heavy atom. The molecule has 3 rings (SSSR count). The average molecular weight is 370 g/mol. The number of amides is 1. The Bertz CT molecular complexity index is 596. The minimum Gasteiger partial charge on any atom is -0.335 e. The number of halogens is 2. The average Bonchev–Trinajstić information content (AvgIpc) is 3.07. The number of piperidine rings is 1. The summed E-state index contributed by atoms with van der Waals surface area (Å²) < 4.78 is 0. The summed E-state index contributed by atoms with van der Waals surface area (Å²) in [5.74, 6) is 0.223. The number of benzene rings is 1. The molecule has 1 amide bonds. The van der Waals surface area contributed by atoms with Crippen LogP contribution in [0.25, 0.3) is 0 Å². The van der Waals surface area contributed by atoms with Gasteiger partial charge in [0.15, 0.2) is 0 Å². The van der Waals surface area contributed by atoms with Gasteiger partial charge in [-0.2, -0.15) is 0 Å². The van der Waals surface area contributed by atoms with Crippen LogP contribution in [-0.4, -0.2) is 55.0 Å². The van der Waals surface area contributed by atoms with Crippen molar-refractivity contribution < 1.29 is 4.79 Å². The monoisotopic (exact) mass is 369 g/mol. The summed E-state index contributed by atoms with van der Waals surface area (Å²) in [6.07, 6.45) is 4.37. The Labute approximate surface area is 154 Å². The summed E-state index contributed by atoms with van der Waals surface area (Å²) in [6, 6.07) is 6.33. The van der Waals surface area contributed by atoms with Crippen molar-refractivity contribution in [3.63, 3.8) is 0 Å². The number of rotatable bonds is 4. The molecule has 1 aromatic rings. The number of hydrogen-bond donors (Lipinski definition) is 1. The number of hydrogen-bond acceptors (Lipinski definition) is 3. The van der Waals surface area contributed by atoms with Crippen LogP contribution in [-0.2, 0) is 4.79 Å². The van der Waals surface area contributed by atoms with E-state index in [1.807, 2.05) is 30.1 Å². The van der Waals surface area contributed by atoms with Crippen LogP contribution in [0, 0.1) is 0 Å². The van der Waals surface area contributed by atoms with E-state index in [1.54, 1.807) is 0 Å². The fraction of sp³-hybridized carbons (Fsp3) is 0.611. The van der Waals surface area contributed by atoms with E-state index in [-0.39, 0.29) is 11.9 Å². The van der Waals surface area contributed by atoms with E-state index in [0.29, 0.717) is 22.6 Å². The van der Waals surface area contributed by atoms with Gasteiger partial charge in [-0.1, -0.05) is 29.3 Å². The van der Waals surface area contributed by atoms with Gasteiger partial charge in [-0.25, -0.2) is 0 Å². The first-order chi connectivity index (χ1) is 11.6. The molecule has 0 spiro atoms. The molecule has 1 aromatic carbocycles. The first-order valence-corrected chi connectivity index (χ1v) is 9.48. The number of likely N-dealkylation sites (tertiary alicyclic amines) is 2. The smallest absolute Gasteiger partial charge is 0.237 e. The van der Waals surface area contributed by atoms with Gasteiger partial charge in [-0.3, -0.25) is 9.69 Å². The standard InChI is InChI=1S/C18H25Cl2N3O/c1-21-14-4-2-8-22(11-14)12-18(24)23-9-3-5-17(23)13-6-7-15(19)16(20)10-13/h6-7,10,14,17,21H,2-5,8-9,11-12H2,1H3. The van der Waals surface area contributed by atoms with Crippen molar-refractivity contribution in [1.82, 2.24) is 15.1 Å². The molecule has 132 valence electrons. The van der Waals surface area contributed by atoms with Crippen LogP contribution < -0.4 is 5.32 Å². The van der Waals surface area contributed by atoms with Gasteiger partial charge < -0.3 is 10.2 Å². The summed E-state index contributed by atoms with van der Waals surface area (Å²) in [7, 11) is 2.00. The van der Waals surface area contributed by atoms with Gasteiger partial charge in [0.05, 0.1) is 22.6 Å². The summed E-state index contributed by atoms with van der Waals surface area (Å²) in [4.78, 5) is 17.1. The molecule has 2 atom stereocenters. The summed E-state index contributed by atoms with van der Waals surface area (Å²) >= 11 is 12.2. The van der Waals surface area contributed by atoms with Crippen LogP contribution in [0.15, 0.2) is 18.2 Å². The van der Waals surface area contributed by atoms with E-state index < -0.39 is 0 Å². The van der Waals surface area contributed by atoms with Gasteiger partial charge in [0.1, 0.15) is 0 Å². The lowest BCUT2D eigenvalue weighted by Gasteiger charge is -2.34. The zero-order chi connectivity index (χ0) is 17.1. The maximum Gasteiger partial charge on any atom is 0.237 e. The fourth-order valence-electron chi connectivity index (χ4n) is 3.85. The van der Waals surface area contributed by atoms with Crippen LogP contribution in [0.1, 0.15) is 37.3 Å². The molecule has 0 radical (unpaired) electrons. The predicted octanol–water partition coefficient (Wildman–Crippen LogP) is 3.34. The van der Waals surface area contributed by atoms with Crippen LogP contribution in [0.4, 0.5) is 0 Å². The van der Waals surface area contributed by atoms with Crippen molar-refractivity contribution in [1.29, 1.82) is 0 Å². The van der Waals surface area contributed by atoms with Crippen LogP contribution in [0.2, 0.25) is 10.0 Å². The summed E-state index contributed by atoms with van der Waals surface area (Å²) in [5, 5.41) is 4.44. The highest BCUT2D eigenvalue weighted by Crippen LogP contribution is 2.35. The Morgan fingerprint density at radius 2 is 2.00 bits per heavy atom. The highest BCUT2D eigenvalue weighted by Gasteiger charge is 2.31. The molecule has 0 bridgehead atoms.